The fourth-order valence-corrected chi connectivity index (χ4v) is 3.71. The SMILES string of the molecule is C[Si](C)(C)CCOCn1c(-c2cc(NCC(F)(F)F)ncn2)cc2cnc(Cl)cc21. The molecular formula is C19H23ClF3N5OSi. The van der Waals surface area contributed by atoms with Crippen molar-refractivity contribution < 1.29 is 17.9 Å². The number of halogens is 4. The highest BCUT2D eigenvalue weighted by molar-refractivity contribution is 6.76. The minimum absolute atomic E-state index is 0.0879. The predicted molar refractivity (Wildman–Crippen MR) is 114 cm³/mol. The van der Waals surface area contributed by atoms with Crippen molar-refractivity contribution in [3.8, 4) is 11.4 Å². The Morgan fingerprint density at radius 1 is 1.13 bits per heavy atom. The summed E-state index contributed by atoms with van der Waals surface area (Å²) in [4.78, 5) is 12.2. The van der Waals surface area contributed by atoms with E-state index in [1.165, 1.54) is 12.4 Å². The van der Waals surface area contributed by atoms with Gasteiger partial charge in [-0.25, -0.2) is 15.0 Å². The van der Waals surface area contributed by atoms with Crippen LogP contribution in [-0.2, 0) is 11.5 Å². The van der Waals surface area contributed by atoms with Crippen LogP contribution in [0.1, 0.15) is 0 Å². The van der Waals surface area contributed by atoms with Crippen molar-refractivity contribution in [2.75, 3.05) is 18.5 Å². The molecule has 0 aliphatic carbocycles. The molecule has 0 aliphatic rings. The fourth-order valence-electron chi connectivity index (χ4n) is 2.80. The number of ether oxygens (including phenoxy) is 1. The van der Waals surface area contributed by atoms with Gasteiger partial charge in [-0.3, -0.25) is 0 Å². The molecule has 1 N–H and O–H groups in total. The zero-order chi connectivity index (χ0) is 21.9. The lowest BCUT2D eigenvalue weighted by Crippen LogP contribution is -2.22. The highest BCUT2D eigenvalue weighted by Crippen LogP contribution is 2.29. The molecule has 11 heteroatoms. The van der Waals surface area contributed by atoms with Crippen LogP contribution in [0.4, 0.5) is 19.0 Å². The van der Waals surface area contributed by atoms with Gasteiger partial charge < -0.3 is 14.6 Å². The van der Waals surface area contributed by atoms with Gasteiger partial charge in [-0.2, -0.15) is 13.2 Å². The Morgan fingerprint density at radius 3 is 2.60 bits per heavy atom. The fraction of sp³-hybridized carbons (Fsp3) is 0.421. The van der Waals surface area contributed by atoms with Gasteiger partial charge in [-0.05, 0) is 18.2 Å². The normalized spacial score (nSPS) is 12.5. The first-order valence-electron chi connectivity index (χ1n) is 9.37. The van der Waals surface area contributed by atoms with Crippen LogP contribution < -0.4 is 5.32 Å². The number of hydrogen-bond acceptors (Lipinski definition) is 5. The summed E-state index contributed by atoms with van der Waals surface area (Å²) in [5.74, 6) is 0.0879. The van der Waals surface area contributed by atoms with Gasteiger partial charge in [0.15, 0.2) is 0 Å². The number of fused-ring (bicyclic) bond motifs is 1. The minimum atomic E-state index is -4.34. The van der Waals surface area contributed by atoms with Gasteiger partial charge in [-0.1, -0.05) is 31.2 Å². The standard InChI is InChI=1S/C19H23ClF3N5OSi/c1-30(2,3)5-4-29-12-28-15-8-17(20)24-9-13(15)6-16(28)14-7-18(27-11-26-14)25-10-19(21,22)23/h6-9,11H,4-5,10,12H2,1-3H3,(H,25,26,27). The van der Waals surface area contributed by atoms with Gasteiger partial charge in [-0.15, -0.1) is 0 Å². The molecule has 30 heavy (non-hydrogen) atoms. The molecule has 0 aromatic carbocycles. The van der Waals surface area contributed by atoms with E-state index in [0.717, 1.165) is 16.9 Å². The van der Waals surface area contributed by atoms with E-state index in [-0.39, 0.29) is 12.5 Å². The monoisotopic (exact) mass is 457 g/mol. The third-order valence-electron chi connectivity index (χ3n) is 4.37. The van der Waals surface area contributed by atoms with Gasteiger partial charge in [0.25, 0.3) is 0 Å². The summed E-state index contributed by atoms with van der Waals surface area (Å²) in [6, 6.07) is 6.08. The largest absolute Gasteiger partial charge is 0.405 e. The van der Waals surface area contributed by atoms with E-state index >= 15 is 0 Å². The van der Waals surface area contributed by atoms with Crippen LogP contribution >= 0.6 is 11.6 Å². The molecule has 0 amide bonds. The molecule has 0 radical (unpaired) electrons. The van der Waals surface area contributed by atoms with Crippen molar-refractivity contribution in [2.24, 2.45) is 0 Å². The maximum absolute atomic E-state index is 12.5. The van der Waals surface area contributed by atoms with Crippen molar-refractivity contribution >= 4 is 36.4 Å². The van der Waals surface area contributed by atoms with E-state index in [0.29, 0.717) is 23.1 Å². The third-order valence-corrected chi connectivity index (χ3v) is 6.28. The van der Waals surface area contributed by atoms with Crippen molar-refractivity contribution in [1.82, 2.24) is 19.5 Å². The molecule has 0 atom stereocenters. The summed E-state index contributed by atoms with van der Waals surface area (Å²) >= 11 is 6.07. The molecule has 0 aliphatic heterocycles. The van der Waals surface area contributed by atoms with Crippen LogP contribution in [0.25, 0.3) is 22.3 Å². The number of nitrogens with one attached hydrogen (secondary N) is 1. The second-order valence-corrected chi connectivity index (χ2v) is 14.1. The third kappa shape index (κ3) is 6.16. The van der Waals surface area contributed by atoms with Crippen molar-refractivity contribution in [3.63, 3.8) is 0 Å². The van der Waals surface area contributed by atoms with Crippen LogP contribution in [-0.4, -0.2) is 46.9 Å². The molecule has 3 heterocycles. The Morgan fingerprint density at radius 2 is 1.90 bits per heavy atom. The molecule has 0 spiro atoms. The quantitative estimate of drug-likeness (QED) is 0.277. The van der Waals surface area contributed by atoms with E-state index in [1.807, 2.05) is 10.6 Å². The zero-order valence-electron chi connectivity index (χ0n) is 16.9. The highest BCUT2D eigenvalue weighted by Gasteiger charge is 2.27. The van der Waals surface area contributed by atoms with Crippen molar-refractivity contribution in [1.29, 1.82) is 0 Å². The summed E-state index contributed by atoms with van der Waals surface area (Å²) < 4.78 is 45.4. The van der Waals surface area contributed by atoms with Gasteiger partial charge in [0, 0.05) is 32.3 Å². The summed E-state index contributed by atoms with van der Waals surface area (Å²) in [6.07, 6.45) is -1.47. The second-order valence-electron chi connectivity index (χ2n) is 8.13. The molecule has 0 fully saturated rings. The summed E-state index contributed by atoms with van der Waals surface area (Å²) in [5.41, 5.74) is 1.96. The first-order valence-corrected chi connectivity index (χ1v) is 13.5. The van der Waals surface area contributed by atoms with E-state index in [1.54, 1.807) is 12.3 Å². The molecule has 162 valence electrons. The molecule has 6 nitrogen and oxygen atoms in total. The molecule has 3 rings (SSSR count). The molecule has 3 aromatic rings. The van der Waals surface area contributed by atoms with Crippen LogP contribution in [0.15, 0.2) is 30.7 Å². The number of rotatable bonds is 8. The lowest BCUT2D eigenvalue weighted by atomic mass is 10.2. The average Bonchev–Trinajstić information content (AvgIpc) is 3.00. The first-order chi connectivity index (χ1) is 14.0. The smallest absolute Gasteiger partial charge is 0.361 e. The molecule has 3 aromatic heterocycles. The van der Waals surface area contributed by atoms with Crippen LogP contribution in [0.2, 0.25) is 30.8 Å². The van der Waals surface area contributed by atoms with E-state index in [2.05, 4.69) is 39.9 Å². The van der Waals surface area contributed by atoms with Crippen molar-refractivity contribution in [3.05, 3.63) is 35.9 Å². The number of pyridine rings is 1. The molecular weight excluding hydrogens is 435 g/mol. The van der Waals surface area contributed by atoms with Gasteiger partial charge in [0.2, 0.25) is 0 Å². The van der Waals surface area contributed by atoms with Crippen LogP contribution in [0.3, 0.4) is 0 Å². The molecule has 0 bridgehead atoms. The summed E-state index contributed by atoms with van der Waals surface area (Å²) in [6.45, 7) is 6.53. The number of aromatic nitrogens is 4. The van der Waals surface area contributed by atoms with Gasteiger partial charge in [0.1, 0.15) is 30.6 Å². The molecule has 0 saturated heterocycles. The lowest BCUT2D eigenvalue weighted by Gasteiger charge is -2.17. The Kier molecular flexibility index (Phi) is 6.68. The molecule has 0 unspecified atom stereocenters. The Labute approximate surface area is 178 Å². The Balaban J connectivity index is 1.91. The number of nitrogens with zero attached hydrogens (tertiary/aromatic N) is 4. The lowest BCUT2D eigenvalue weighted by molar-refractivity contribution is -0.115. The topological polar surface area (TPSA) is 64.9 Å². The van der Waals surface area contributed by atoms with Crippen LogP contribution in [0, 0.1) is 0 Å². The van der Waals surface area contributed by atoms with Gasteiger partial charge in [0.05, 0.1) is 16.9 Å². The van der Waals surface area contributed by atoms with Crippen LogP contribution in [0.5, 0.6) is 0 Å². The maximum atomic E-state index is 12.5. The number of hydrogen-bond donors (Lipinski definition) is 1. The first kappa shape index (κ1) is 22.5. The Hall–Kier alpha value is -2.17. The van der Waals surface area contributed by atoms with E-state index in [4.69, 9.17) is 16.3 Å². The molecule has 0 saturated carbocycles. The number of alkyl halides is 3. The highest BCUT2D eigenvalue weighted by atomic mass is 35.5. The van der Waals surface area contributed by atoms with E-state index in [9.17, 15) is 13.2 Å². The van der Waals surface area contributed by atoms with Crippen molar-refractivity contribution in [2.45, 2.75) is 38.6 Å². The Bertz CT molecular complexity index is 1020. The van der Waals surface area contributed by atoms with Gasteiger partial charge >= 0.3 is 6.18 Å². The maximum Gasteiger partial charge on any atom is 0.405 e. The zero-order valence-corrected chi connectivity index (χ0v) is 18.7. The number of anilines is 1. The minimum Gasteiger partial charge on any atom is -0.361 e. The van der Waals surface area contributed by atoms with E-state index < -0.39 is 20.8 Å². The summed E-state index contributed by atoms with van der Waals surface area (Å²) in [7, 11) is -1.24. The predicted octanol–water partition coefficient (Wildman–Crippen LogP) is 5.43. The summed E-state index contributed by atoms with van der Waals surface area (Å²) in [5, 5.41) is 3.44. The average molecular weight is 458 g/mol. The second kappa shape index (κ2) is 8.91.